The van der Waals surface area contributed by atoms with E-state index in [0.29, 0.717) is 16.3 Å². The first-order chi connectivity index (χ1) is 8.90. The molecule has 1 aromatic heterocycles. The van der Waals surface area contributed by atoms with E-state index in [1.54, 1.807) is 19.1 Å². The van der Waals surface area contributed by atoms with E-state index in [2.05, 4.69) is 4.72 Å². The van der Waals surface area contributed by atoms with Crippen LogP contribution in [0.25, 0.3) is 0 Å². The minimum absolute atomic E-state index is 0.0784. The van der Waals surface area contributed by atoms with E-state index >= 15 is 0 Å². The molecule has 0 fully saturated rings. The van der Waals surface area contributed by atoms with Crippen LogP contribution in [-0.2, 0) is 16.6 Å². The standard InChI is InChI=1S/C12H11Cl2NO3S/c1-8-5-10(13)11(14)6-12(8)19(16,17)15-7-9-3-2-4-18-9/h2-6,15H,7H2,1H3. The van der Waals surface area contributed by atoms with Crippen molar-refractivity contribution in [2.45, 2.75) is 18.4 Å². The summed E-state index contributed by atoms with van der Waals surface area (Å²) in [6.45, 7) is 1.73. The van der Waals surface area contributed by atoms with Crippen LogP contribution in [0.2, 0.25) is 10.0 Å². The van der Waals surface area contributed by atoms with E-state index in [9.17, 15) is 8.42 Å². The van der Waals surface area contributed by atoms with Crippen LogP contribution in [0, 0.1) is 6.92 Å². The lowest BCUT2D eigenvalue weighted by molar-refractivity contribution is 0.498. The van der Waals surface area contributed by atoms with E-state index in [-0.39, 0.29) is 16.5 Å². The van der Waals surface area contributed by atoms with Crippen LogP contribution >= 0.6 is 23.2 Å². The lowest BCUT2D eigenvalue weighted by atomic mass is 10.2. The second-order valence-electron chi connectivity index (χ2n) is 3.94. The molecule has 102 valence electrons. The summed E-state index contributed by atoms with van der Waals surface area (Å²) < 4.78 is 31.8. The van der Waals surface area contributed by atoms with Gasteiger partial charge in [0.05, 0.1) is 27.7 Å². The van der Waals surface area contributed by atoms with E-state index in [1.807, 2.05) is 0 Å². The Balaban J connectivity index is 2.27. The van der Waals surface area contributed by atoms with Crippen molar-refractivity contribution in [3.63, 3.8) is 0 Å². The normalized spacial score (nSPS) is 11.7. The molecule has 0 radical (unpaired) electrons. The van der Waals surface area contributed by atoms with Gasteiger partial charge in [-0.15, -0.1) is 0 Å². The predicted octanol–water partition coefficient (Wildman–Crippen LogP) is 3.37. The fourth-order valence-corrected chi connectivity index (χ4v) is 3.26. The van der Waals surface area contributed by atoms with Crippen molar-refractivity contribution in [1.29, 1.82) is 0 Å². The number of hydrogen-bond acceptors (Lipinski definition) is 3. The molecular formula is C12H11Cl2NO3S. The highest BCUT2D eigenvalue weighted by atomic mass is 35.5. The van der Waals surface area contributed by atoms with E-state index in [4.69, 9.17) is 27.6 Å². The third-order valence-electron chi connectivity index (χ3n) is 2.52. The van der Waals surface area contributed by atoms with Crippen LogP contribution in [-0.4, -0.2) is 8.42 Å². The number of aryl methyl sites for hydroxylation is 1. The van der Waals surface area contributed by atoms with Crippen molar-refractivity contribution in [2.75, 3.05) is 0 Å². The molecule has 1 heterocycles. The first kappa shape index (κ1) is 14.4. The molecule has 0 aliphatic carbocycles. The average molecular weight is 320 g/mol. The van der Waals surface area contributed by atoms with Gasteiger partial charge in [0.15, 0.2) is 0 Å². The summed E-state index contributed by atoms with van der Waals surface area (Å²) in [5, 5.41) is 0.523. The number of hydrogen-bond donors (Lipinski definition) is 1. The quantitative estimate of drug-likeness (QED) is 0.939. The Morgan fingerprint density at radius 1 is 1.26 bits per heavy atom. The van der Waals surface area contributed by atoms with Crippen LogP contribution in [0.15, 0.2) is 39.8 Å². The second-order valence-corrected chi connectivity index (χ2v) is 6.49. The van der Waals surface area contributed by atoms with Crippen LogP contribution < -0.4 is 4.72 Å². The zero-order valence-corrected chi connectivity index (χ0v) is 12.3. The van der Waals surface area contributed by atoms with Crippen LogP contribution in [0.3, 0.4) is 0 Å². The molecule has 2 aromatic rings. The Hall–Kier alpha value is -1.01. The summed E-state index contributed by atoms with van der Waals surface area (Å²) in [7, 11) is -3.66. The van der Waals surface area contributed by atoms with Gasteiger partial charge in [0.1, 0.15) is 5.76 Å². The van der Waals surface area contributed by atoms with Crippen molar-refractivity contribution in [3.8, 4) is 0 Å². The summed E-state index contributed by atoms with van der Waals surface area (Å²) in [4.78, 5) is 0.105. The fourth-order valence-electron chi connectivity index (χ4n) is 1.57. The average Bonchev–Trinajstić information content (AvgIpc) is 2.84. The van der Waals surface area contributed by atoms with Crippen molar-refractivity contribution >= 4 is 33.2 Å². The first-order valence-electron chi connectivity index (χ1n) is 5.38. The number of halogens is 2. The van der Waals surface area contributed by atoms with Gasteiger partial charge in [-0.1, -0.05) is 23.2 Å². The van der Waals surface area contributed by atoms with Crippen LogP contribution in [0.5, 0.6) is 0 Å². The van der Waals surface area contributed by atoms with Crippen LogP contribution in [0.4, 0.5) is 0 Å². The monoisotopic (exact) mass is 319 g/mol. The Labute approximate surface area is 121 Å². The number of sulfonamides is 1. The molecule has 2 rings (SSSR count). The number of benzene rings is 1. The molecule has 0 amide bonds. The number of rotatable bonds is 4. The maximum absolute atomic E-state index is 12.2. The molecular weight excluding hydrogens is 309 g/mol. The molecule has 0 spiro atoms. The van der Waals surface area contributed by atoms with Crippen LogP contribution in [0.1, 0.15) is 11.3 Å². The van der Waals surface area contributed by atoms with Gasteiger partial charge in [0.25, 0.3) is 0 Å². The molecule has 7 heteroatoms. The second kappa shape index (κ2) is 5.54. The predicted molar refractivity (Wildman–Crippen MR) is 73.9 cm³/mol. The van der Waals surface area contributed by atoms with Gasteiger partial charge in [-0.05, 0) is 36.8 Å². The molecule has 19 heavy (non-hydrogen) atoms. The first-order valence-corrected chi connectivity index (χ1v) is 7.62. The van der Waals surface area contributed by atoms with Gasteiger partial charge in [-0.3, -0.25) is 0 Å². The minimum atomic E-state index is -3.66. The Morgan fingerprint density at radius 2 is 1.95 bits per heavy atom. The zero-order chi connectivity index (χ0) is 14.0. The molecule has 0 saturated carbocycles. The van der Waals surface area contributed by atoms with E-state index in [1.165, 1.54) is 18.4 Å². The highest BCUT2D eigenvalue weighted by Crippen LogP contribution is 2.28. The molecule has 1 aromatic carbocycles. The minimum Gasteiger partial charge on any atom is -0.468 e. The van der Waals surface area contributed by atoms with Crippen molar-refractivity contribution in [3.05, 3.63) is 51.9 Å². The molecule has 0 aliphatic rings. The smallest absolute Gasteiger partial charge is 0.241 e. The number of nitrogens with one attached hydrogen (secondary N) is 1. The topological polar surface area (TPSA) is 59.3 Å². The zero-order valence-electron chi connectivity index (χ0n) is 9.98. The lowest BCUT2D eigenvalue weighted by Crippen LogP contribution is -2.23. The van der Waals surface area contributed by atoms with E-state index < -0.39 is 10.0 Å². The molecule has 0 atom stereocenters. The maximum Gasteiger partial charge on any atom is 0.241 e. The highest BCUT2D eigenvalue weighted by molar-refractivity contribution is 7.89. The Bertz CT molecular complexity index is 681. The summed E-state index contributed by atoms with van der Waals surface area (Å²) in [5.74, 6) is 0.529. The van der Waals surface area contributed by atoms with Gasteiger partial charge >= 0.3 is 0 Å². The fraction of sp³-hybridized carbons (Fsp3) is 0.167. The van der Waals surface area contributed by atoms with Crippen molar-refractivity contribution in [2.24, 2.45) is 0 Å². The molecule has 0 saturated heterocycles. The molecule has 0 unspecified atom stereocenters. The van der Waals surface area contributed by atoms with Gasteiger partial charge in [-0.25, -0.2) is 13.1 Å². The molecule has 0 aliphatic heterocycles. The Kier molecular flexibility index (Phi) is 4.20. The lowest BCUT2D eigenvalue weighted by Gasteiger charge is -2.09. The molecule has 1 N–H and O–H groups in total. The van der Waals surface area contributed by atoms with E-state index in [0.717, 1.165) is 0 Å². The Morgan fingerprint density at radius 3 is 2.58 bits per heavy atom. The van der Waals surface area contributed by atoms with Gasteiger partial charge < -0.3 is 4.42 Å². The summed E-state index contributed by atoms with van der Waals surface area (Å²) in [6.07, 6.45) is 1.48. The third-order valence-corrected chi connectivity index (χ3v) is 4.79. The largest absolute Gasteiger partial charge is 0.468 e. The maximum atomic E-state index is 12.2. The van der Waals surface area contributed by atoms with Gasteiger partial charge in [0, 0.05) is 0 Å². The number of furan rings is 1. The third kappa shape index (κ3) is 3.30. The highest BCUT2D eigenvalue weighted by Gasteiger charge is 2.18. The summed E-state index contributed by atoms with van der Waals surface area (Å²) >= 11 is 11.7. The van der Waals surface area contributed by atoms with Crippen molar-refractivity contribution in [1.82, 2.24) is 4.72 Å². The summed E-state index contributed by atoms with van der Waals surface area (Å²) in [6, 6.07) is 6.23. The summed E-state index contributed by atoms with van der Waals surface area (Å²) in [5.41, 5.74) is 0.529. The van der Waals surface area contributed by atoms with Gasteiger partial charge in [0.2, 0.25) is 10.0 Å². The van der Waals surface area contributed by atoms with Crippen molar-refractivity contribution < 1.29 is 12.8 Å². The van der Waals surface area contributed by atoms with Gasteiger partial charge in [-0.2, -0.15) is 0 Å². The SMILES string of the molecule is Cc1cc(Cl)c(Cl)cc1S(=O)(=O)NCc1ccco1. The molecule has 4 nitrogen and oxygen atoms in total. The molecule has 0 bridgehead atoms.